The molecule has 1 atom stereocenters. The molecule has 1 heterocycles. The zero-order valence-electron chi connectivity index (χ0n) is 17.1. The van der Waals surface area contributed by atoms with E-state index in [1.54, 1.807) is 6.08 Å². The molecule has 3 heteroatoms. The highest BCUT2D eigenvalue weighted by molar-refractivity contribution is 5.98. The number of rotatable bonds is 6. The Balaban J connectivity index is 1.83. The molecule has 0 bridgehead atoms. The van der Waals surface area contributed by atoms with E-state index in [9.17, 15) is 4.79 Å². The molecule has 3 aromatic carbocycles. The van der Waals surface area contributed by atoms with E-state index in [0.29, 0.717) is 6.42 Å². The van der Waals surface area contributed by atoms with Crippen LogP contribution in [0.15, 0.2) is 110 Å². The number of hydrogen-bond donors (Lipinski definition) is 1. The lowest BCUT2D eigenvalue weighted by atomic mass is 10.0. The molecule has 4 rings (SSSR count). The van der Waals surface area contributed by atoms with Gasteiger partial charge in [0.05, 0.1) is 17.5 Å². The molecular formula is C27H25N2O+. The van der Waals surface area contributed by atoms with Crippen LogP contribution < -0.4 is 10.0 Å². The molecule has 1 aliphatic rings. The molecule has 3 nitrogen and oxygen atoms in total. The predicted molar refractivity (Wildman–Crippen MR) is 125 cm³/mol. The fraction of sp³-hybridized carbons (Fsp3) is 0.0741. The third-order valence-corrected chi connectivity index (χ3v) is 5.36. The fourth-order valence-corrected chi connectivity index (χ4v) is 4.08. The van der Waals surface area contributed by atoms with Gasteiger partial charge < -0.3 is 0 Å². The van der Waals surface area contributed by atoms with Gasteiger partial charge in [-0.25, -0.2) is 0 Å². The van der Waals surface area contributed by atoms with Crippen LogP contribution in [0.25, 0.3) is 11.1 Å². The van der Waals surface area contributed by atoms with Gasteiger partial charge in [-0.2, -0.15) is 5.43 Å². The number of hydrogen-bond acceptors (Lipinski definition) is 1. The van der Waals surface area contributed by atoms with Crippen molar-refractivity contribution in [3.63, 3.8) is 0 Å². The Bertz CT molecular complexity index is 1140. The highest BCUT2D eigenvalue weighted by Crippen LogP contribution is 2.53. The van der Waals surface area contributed by atoms with Crippen LogP contribution in [0, 0.1) is 6.92 Å². The minimum absolute atomic E-state index is 0.0392. The van der Waals surface area contributed by atoms with Gasteiger partial charge in [0, 0.05) is 12.1 Å². The summed E-state index contributed by atoms with van der Waals surface area (Å²) in [6.07, 6.45) is 9.83. The summed E-state index contributed by atoms with van der Waals surface area (Å²) in [5.74, 6) is -0.0392. The van der Waals surface area contributed by atoms with Gasteiger partial charge in [0.15, 0.2) is 11.4 Å². The summed E-state index contributed by atoms with van der Waals surface area (Å²) in [5.41, 5.74) is 9.87. The van der Waals surface area contributed by atoms with Gasteiger partial charge >= 0.3 is 0 Å². The number of amides is 1. The van der Waals surface area contributed by atoms with E-state index in [1.165, 1.54) is 11.1 Å². The largest absolute Gasteiger partial charge is 0.270 e. The zero-order valence-corrected chi connectivity index (χ0v) is 17.1. The van der Waals surface area contributed by atoms with Crippen molar-refractivity contribution in [3.8, 4) is 11.1 Å². The number of quaternary nitrogens is 1. The van der Waals surface area contributed by atoms with E-state index < -0.39 is 0 Å². The first-order valence-electron chi connectivity index (χ1n) is 10.1. The van der Waals surface area contributed by atoms with Crippen LogP contribution in [0.5, 0.6) is 0 Å². The van der Waals surface area contributed by atoms with Gasteiger partial charge in [0.2, 0.25) is 0 Å². The van der Waals surface area contributed by atoms with Gasteiger partial charge in [-0.05, 0) is 30.2 Å². The summed E-state index contributed by atoms with van der Waals surface area (Å²) < 4.78 is 0.153. The first kappa shape index (κ1) is 19.6. The van der Waals surface area contributed by atoms with Gasteiger partial charge in [0.1, 0.15) is 6.20 Å². The normalized spacial score (nSPS) is 17.1. The number of fused-ring (bicyclic) bond motifs is 3. The molecule has 3 aromatic rings. The Morgan fingerprint density at radius 3 is 2.43 bits per heavy atom. The first-order valence-corrected chi connectivity index (χ1v) is 10.1. The minimum Gasteiger partial charge on any atom is -0.270 e. The van der Waals surface area contributed by atoms with Crippen LogP contribution in [0.4, 0.5) is 11.4 Å². The third-order valence-electron chi connectivity index (χ3n) is 5.36. The Morgan fingerprint density at radius 2 is 1.63 bits per heavy atom. The standard InChI is InChI=1S/C27H24N2O/c1-3-4-5-11-19-29(28-26(30)20-22-14-7-6-8-15-22)24-17-10-9-16-23(24)27-21(2)13-12-18-25(27)29/h3-19H,1,20H2,2H3/p+1. The topological polar surface area (TPSA) is 29.1 Å². The van der Waals surface area contributed by atoms with Gasteiger partial charge in [-0.3, -0.25) is 4.79 Å². The lowest BCUT2D eigenvalue weighted by Gasteiger charge is -2.30. The SMILES string of the molecule is C=CC=CC=C[N+]1(NC(=O)Cc2ccccc2)c2ccccc2-c2c(C)cccc21. The molecule has 0 saturated carbocycles. The van der Waals surface area contributed by atoms with Gasteiger partial charge in [-0.1, -0.05) is 79.4 Å². The number of para-hydroxylation sites is 1. The molecule has 1 N–H and O–H groups in total. The Hall–Kier alpha value is -3.69. The average Bonchev–Trinajstić information content (AvgIpc) is 3.03. The number of carbonyl (C=O) groups excluding carboxylic acids is 1. The monoisotopic (exact) mass is 393 g/mol. The Labute approximate surface area is 177 Å². The van der Waals surface area contributed by atoms with E-state index in [2.05, 4.69) is 43.2 Å². The summed E-state index contributed by atoms with van der Waals surface area (Å²) in [6.45, 7) is 5.84. The number of benzene rings is 3. The van der Waals surface area contributed by atoms with Crippen molar-refractivity contribution in [2.75, 3.05) is 0 Å². The van der Waals surface area contributed by atoms with Crippen LogP contribution in [0.3, 0.4) is 0 Å². The number of nitrogens with zero attached hydrogens (tertiary/aromatic N) is 1. The third kappa shape index (κ3) is 3.51. The molecule has 0 aromatic heterocycles. The second kappa shape index (κ2) is 8.36. The molecule has 148 valence electrons. The summed E-state index contributed by atoms with van der Waals surface area (Å²) >= 11 is 0. The maximum atomic E-state index is 13.2. The summed E-state index contributed by atoms with van der Waals surface area (Å²) in [5, 5.41) is 0. The molecule has 1 amide bonds. The summed E-state index contributed by atoms with van der Waals surface area (Å²) in [4.78, 5) is 13.2. The molecule has 0 spiro atoms. The van der Waals surface area contributed by atoms with E-state index >= 15 is 0 Å². The van der Waals surface area contributed by atoms with Crippen LogP contribution in [0.2, 0.25) is 0 Å². The van der Waals surface area contributed by atoms with Crippen molar-refractivity contribution in [3.05, 3.63) is 121 Å². The van der Waals surface area contributed by atoms with Crippen LogP contribution >= 0.6 is 0 Å². The van der Waals surface area contributed by atoms with E-state index in [0.717, 1.165) is 22.5 Å². The van der Waals surface area contributed by atoms with Crippen LogP contribution in [-0.2, 0) is 11.2 Å². The van der Waals surface area contributed by atoms with E-state index in [4.69, 9.17) is 0 Å². The van der Waals surface area contributed by atoms with Crippen molar-refractivity contribution in [2.24, 2.45) is 0 Å². The number of nitrogens with one attached hydrogen (secondary N) is 1. The average molecular weight is 394 g/mol. The second-order valence-corrected chi connectivity index (χ2v) is 7.37. The van der Waals surface area contributed by atoms with Crippen molar-refractivity contribution >= 4 is 17.3 Å². The highest BCUT2D eigenvalue weighted by Gasteiger charge is 2.45. The zero-order chi connectivity index (χ0) is 21.0. The van der Waals surface area contributed by atoms with Crippen molar-refractivity contribution in [2.45, 2.75) is 13.3 Å². The van der Waals surface area contributed by atoms with Crippen molar-refractivity contribution < 1.29 is 4.79 Å². The minimum atomic E-state index is -0.0392. The van der Waals surface area contributed by atoms with E-state index in [-0.39, 0.29) is 10.5 Å². The lowest BCUT2D eigenvalue weighted by molar-refractivity contribution is -0.122. The number of carbonyl (C=O) groups is 1. The number of aryl methyl sites for hydroxylation is 1. The van der Waals surface area contributed by atoms with Crippen LogP contribution in [-0.4, -0.2) is 5.91 Å². The quantitative estimate of drug-likeness (QED) is 0.395. The molecule has 0 aliphatic carbocycles. The predicted octanol–water partition coefficient (Wildman–Crippen LogP) is 6.14. The van der Waals surface area contributed by atoms with Crippen molar-refractivity contribution in [1.82, 2.24) is 10.0 Å². The van der Waals surface area contributed by atoms with Crippen molar-refractivity contribution in [1.29, 1.82) is 0 Å². The summed E-state index contributed by atoms with van der Waals surface area (Å²) in [7, 11) is 0. The highest BCUT2D eigenvalue weighted by atomic mass is 16.2. The Kier molecular flexibility index (Phi) is 5.46. The molecular weight excluding hydrogens is 368 g/mol. The number of allylic oxidation sites excluding steroid dienone is 4. The molecule has 0 radical (unpaired) electrons. The molecule has 0 saturated heterocycles. The van der Waals surface area contributed by atoms with E-state index in [1.807, 2.05) is 73.0 Å². The van der Waals surface area contributed by atoms with Gasteiger partial charge in [-0.15, -0.1) is 4.59 Å². The first-order chi connectivity index (χ1) is 14.7. The molecule has 30 heavy (non-hydrogen) atoms. The summed E-state index contributed by atoms with van der Waals surface area (Å²) in [6, 6.07) is 24.3. The maximum Gasteiger partial charge on any atom is 0.270 e. The molecule has 0 fully saturated rings. The fourth-order valence-electron chi connectivity index (χ4n) is 4.08. The lowest BCUT2D eigenvalue weighted by Crippen LogP contribution is -2.53. The second-order valence-electron chi connectivity index (χ2n) is 7.37. The molecule has 1 unspecified atom stereocenters. The molecule has 1 aliphatic heterocycles. The Morgan fingerprint density at radius 1 is 0.900 bits per heavy atom. The van der Waals surface area contributed by atoms with Gasteiger partial charge in [0.25, 0.3) is 5.91 Å². The smallest absolute Gasteiger partial charge is 0.270 e. The van der Waals surface area contributed by atoms with Crippen LogP contribution in [0.1, 0.15) is 11.1 Å². The maximum absolute atomic E-state index is 13.2.